The normalized spacial score (nSPS) is 37.9. The predicted octanol–water partition coefficient (Wildman–Crippen LogP) is 1.11. The monoisotopic (exact) mass is 156 g/mol. The summed E-state index contributed by atoms with van der Waals surface area (Å²) >= 11 is 0. The first-order chi connectivity index (χ1) is 5.24. The molecule has 1 aliphatic rings. The van der Waals surface area contributed by atoms with Crippen molar-refractivity contribution in [3.05, 3.63) is 0 Å². The zero-order chi connectivity index (χ0) is 8.27. The van der Waals surface area contributed by atoms with E-state index >= 15 is 0 Å². The Labute approximate surface area is 69.5 Å². The molecule has 0 saturated carbocycles. The lowest BCUT2D eigenvalue weighted by molar-refractivity contribution is 0.441. The summed E-state index contributed by atoms with van der Waals surface area (Å²) < 4.78 is 0. The molecule has 3 unspecified atom stereocenters. The molecule has 0 aliphatic carbocycles. The third-order valence-electron chi connectivity index (χ3n) is 2.63. The molecule has 0 amide bonds. The second-order valence-corrected chi connectivity index (χ2v) is 3.82. The molecule has 1 fully saturated rings. The molecule has 0 bridgehead atoms. The fourth-order valence-electron chi connectivity index (χ4n) is 2.03. The summed E-state index contributed by atoms with van der Waals surface area (Å²) in [5.41, 5.74) is 5.46. The summed E-state index contributed by atoms with van der Waals surface area (Å²) in [5, 5.41) is 3.58. The standard InChI is InChI=1S/C9H20N2/c1-7-6-8(2)11-9(7)4-3-5-10/h7-9,11H,3-6,10H2,1-2H3. The van der Waals surface area contributed by atoms with Crippen LogP contribution in [-0.2, 0) is 0 Å². The first-order valence-corrected chi connectivity index (χ1v) is 4.70. The molecular weight excluding hydrogens is 136 g/mol. The summed E-state index contributed by atoms with van der Waals surface area (Å²) in [5.74, 6) is 0.844. The van der Waals surface area contributed by atoms with Gasteiger partial charge < -0.3 is 11.1 Å². The number of hydrogen-bond acceptors (Lipinski definition) is 2. The maximum atomic E-state index is 5.46. The molecule has 1 heterocycles. The predicted molar refractivity (Wildman–Crippen MR) is 48.5 cm³/mol. The largest absolute Gasteiger partial charge is 0.330 e. The second kappa shape index (κ2) is 4.07. The molecule has 0 radical (unpaired) electrons. The number of nitrogens with one attached hydrogen (secondary N) is 1. The minimum Gasteiger partial charge on any atom is -0.330 e. The van der Waals surface area contributed by atoms with Crippen LogP contribution in [0.1, 0.15) is 33.1 Å². The Balaban J connectivity index is 2.23. The van der Waals surface area contributed by atoms with Crippen LogP contribution in [0.5, 0.6) is 0 Å². The lowest BCUT2D eigenvalue weighted by Gasteiger charge is -2.14. The van der Waals surface area contributed by atoms with Crippen molar-refractivity contribution < 1.29 is 0 Å². The van der Waals surface area contributed by atoms with Crippen molar-refractivity contribution in [3.8, 4) is 0 Å². The van der Waals surface area contributed by atoms with Gasteiger partial charge in [-0.15, -0.1) is 0 Å². The minimum atomic E-state index is 0.716. The molecule has 11 heavy (non-hydrogen) atoms. The summed E-state index contributed by atoms with van der Waals surface area (Å²) in [7, 11) is 0. The maximum absolute atomic E-state index is 5.46. The SMILES string of the molecule is CC1CC(C)C(CCCN)N1. The highest BCUT2D eigenvalue weighted by molar-refractivity contribution is 4.85. The van der Waals surface area contributed by atoms with Gasteiger partial charge in [-0.3, -0.25) is 0 Å². The highest BCUT2D eigenvalue weighted by Crippen LogP contribution is 2.22. The fraction of sp³-hybridized carbons (Fsp3) is 1.00. The van der Waals surface area contributed by atoms with Gasteiger partial charge in [0.2, 0.25) is 0 Å². The molecular formula is C9H20N2. The lowest BCUT2D eigenvalue weighted by atomic mass is 9.98. The van der Waals surface area contributed by atoms with Crippen molar-refractivity contribution in [2.75, 3.05) is 6.54 Å². The Kier molecular flexibility index (Phi) is 3.34. The van der Waals surface area contributed by atoms with E-state index in [1.165, 1.54) is 12.8 Å². The Morgan fingerprint density at radius 2 is 2.18 bits per heavy atom. The van der Waals surface area contributed by atoms with Crippen LogP contribution in [0, 0.1) is 5.92 Å². The molecule has 0 spiro atoms. The average Bonchev–Trinajstić information content (AvgIpc) is 2.26. The molecule has 0 aromatic heterocycles. The van der Waals surface area contributed by atoms with E-state index in [1.807, 2.05) is 0 Å². The molecule has 3 atom stereocenters. The van der Waals surface area contributed by atoms with E-state index in [9.17, 15) is 0 Å². The van der Waals surface area contributed by atoms with E-state index in [-0.39, 0.29) is 0 Å². The van der Waals surface area contributed by atoms with Crippen LogP contribution in [0.15, 0.2) is 0 Å². The zero-order valence-corrected chi connectivity index (χ0v) is 7.64. The van der Waals surface area contributed by atoms with Crippen molar-refractivity contribution in [1.82, 2.24) is 5.32 Å². The van der Waals surface area contributed by atoms with Crippen LogP contribution >= 0.6 is 0 Å². The van der Waals surface area contributed by atoms with E-state index in [4.69, 9.17) is 5.73 Å². The zero-order valence-electron chi connectivity index (χ0n) is 7.64. The van der Waals surface area contributed by atoms with E-state index < -0.39 is 0 Å². The molecule has 66 valence electrons. The molecule has 2 heteroatoms. The van der Waals surface area contributed by atoms with Crippen LogP contribution in [0.4, 0.5) is 0 Å². The molecule has 1 saturated heterocycles. The third-order valence-corrected chi connectivity index (χ3v) is 2.63. The van der Waals surface area contributed by atoms with Gasteiger partial charge in [0.25, 0.3) is 0 Å². The molecule has 0 aromatic rings. The average molecular weight is 156 g/mol. The van der Waals surface area contributed by atoms with Gasteiger partial charge in [0, 0.05) is 12.1 Å². The van der Waals surface area contributed by atoms with Gasteiger partial charge >= 0.3 is 0 Å². The van der Waals surface area contributed by atoms with Crippen molar-refractivity contribution in [2.24, 2.45) is 11.7 Å². The van der Waals surface area contributed by atoms with E-state index in [1.54, 1.807) is 0 Å². The third kappa shape index (κ3) is 2.46. The number of hydrogen-bond donors (Lipinski definition) is 2. The van der Waals surface area contributed by atoms with Gasteiger partial charge in [-0.05, 0) is 38.6 Å². The van der Waals surface area contributed by atoms with Gasteiger partial charge in [0.15, 0.2) is 0 Å². The van der Waals surface area contributed by atoms with E-state index in [2.05, 4.69) is 19.2 Å². The van der Waals surface area contributed by atoms with Crippen molar-refractivity contribution in [2.45, 2.75) is 45.2 Å². The Hall–Kier alpha value is -0.0800. The summed E-state index contributed by atoms with van der Waals surface area (Å²) in [6, 6.07) is 1.45. The summed E-state index contributed by atoms with van der Waals surface area (Å²) in [4.78, 5) is 0. The molecule has 1 aliphatic heterocycles. The lowest BCUT2D eigenvalue weighted by Crippen LogP contribution is -2.29. The van der Waals surface area contributed by atoms with E-state index in [0.29, 0.717) is 6.04 Å². The molecule has 3 N–H and O–H groups in total. The van der Waals surface area contributed by atoms with Gasteiger partial charge in [-0.25, -0.2) is 0 Å². The van der Waals surface area contributed by atoms with Crippen LogP contribution in [0.25, 0.3) is 0 Å². The second-order valence-electron chi connectivity index (χ2n) is 3.82. The number of rotatable bonds is 3. The van der Waals surface area contributed by atoms with Gasteiger partial charge in [-0.2, -0.15) is 0 Å². The van der Waals surface area contributed by atoms with Crippen molar-refractivity contribution in [1.29, 1.82) is 0 Å². The topological polar surface area (TPSA) is 38.0 Å². The number of nitrogens with two attached hydrogens (primary N) is 1. The quantitative estimate of drug-likeness (QED) is 0.642. The van der Waals surface area contributed by atoms with Crippen molar-refractivity contribution in [3.63, 3.8) is 0 Å². The summed E-state index contributed by atoms with van der Waals surface area (Å²) in [6.07, 6.45) is 3.74. The molecule has 0 aromatic carbocycles. The van der Waals surface area contributed by atoms with Gasteiger partial charge in [0.05, 0.1) is 0 Å². The van der Waals surface area contributed by atoms with Gasteiger partial charge in [0.1, 0.15) is 0 Å². The van der Waals surface area contributed by atoms with Gasteiger partial charge in [-0.1, -0.05) is 6.92 Å². The Morgan fingerprint density at radius 3 is 2.64 bits per heavy atom. The van der Waals surface area contributed by atoms with Crippen LogP contribution in [0.3, 0.4) is 0 Å². The van der Waals surface area contributed by atoms with Crippen LogP contribution < -0.4 is 11.1 Å². The fourth-order valence-corrected chi connectivity index (χ4v) is 2.03. The van der Waals surface area contributed by atoms with Crippen LogP contribution in [0.2, 0.25) is 0 Å². The Bertz CT molecular complexity index is 114. The maximum Gasteiger partial charge on any atom is 0.00962 e. The van der Waals surface area contributed by atoms with Crippen molar-refractivity contribution >= 4 is 0 Å². The first kappa shape index (κ1) is 9.01. The van der Waals surface area contributed by atoms with Crippen LogP contribution in [-0.4, -0.2) is 18.6 Å². The molecule has 2 nitrogen and oxygen atoms in total. The molecule has 1 rings (SSSR count). The smallest absolute Gasteiger partial charge is 0.00962 e. The first-order valence-electron chi connectivity index (χ1n) is 4.70. The Morgan fingerprint density at radius 1 is 1.45 bits per heavy atom. The minimum absolute atomic E-state index is 0.716. The summed E-state index contributed by atoms with van der Waals surface area (Å²) in [6.45, 7) is 5.43. The highest BCUT2D eigenvalue weighted by atomic mass is 15.0. The van der Waals surface area contributed by atoms with E-state index in [0.717, 1.165) is 24.9 Å². The highest BCUT2D eigenvalue weighted by Gasteiger charge is 2.26.